The molecule has 0 aliphatic carbocycles. The van der Waals surface area contributed by atoms with Gasteiger partial charge in [0.1, 0.15) is 24.5 Å². The van der Waals surface area contributed by atoms with Crippen molar-refractivity contribution in [3.05, 3.63) is 65.7 Å². The number of hydrogen-bond donors (Lipinski definition) is 5. The first-order chi connectivity index (χ1) is 16.3. The first kappa shape index (κ1) is 28.6. The van der Waals surface area contributed by atoms with Gasteiger partial charge in [-0.15, -0.1) is 58.3 Å². The zero-order valence-corrected chi connectivity index (χ0v) is 20.2. The Morgan fingerprint density at radius 3 is 1.43 bits per heavy atom. The molecule has 6 nitrogen and oxygen atoms in total. The summed E-state index contributed by atoms with van der Waals surface area (Å²) in [7, 11) is 0. The smallest absolute Gasteiger partial charge is 0.354 e. The average Bonchev–Trinajstić information content (AvgIpc) is 2.79. The van der Waals surface area contributed by atoms with E-state index in [0.29, 0.717) is 16.0 Å². The Balaban J connectivity index is 2.56. The Labute approximate surface area is 212 Å². The van der Waals surface area contributed by atoms with Crippen LogP contribution in [0.3, 0.4) is 0 Å². The lowest BCUT2D eigenvalue weighted by atomic mass is 10.00. The standard InChI is InChI=1S/C20H18F6N6S3/c21-19(22,23)10-27-17(34)31-29-15(12-4-2-1-3-5-12)16(13-6-8-14(33)9-7-13)30-32-18(35)28-11-20(24,25)26/h1-9,33H,10-11H2,(H2,27,31,34)(H2,28,32,35)/b29-15+,30-16+. The molecule has 0 aromatic heterocycles. The second kappa shape index (κ2) is 12.9. The van der Waals surface area contributed by atoms with Gasteiger partial charge in [0, 0.05) is 16.0 Å². The van der Waals surface area contributed by atoms with E-state index in [1.807, 2.05) is 10.6 Å². The number of nitrogens with zero attached hydrogens (tertiary/aromatic N) is 4. The fourth-order valence-electron chi connectivity index (χ4n) is 2.32. The third-order valence-corrected chi connectivity index (χ3v) is 4.59. The molecule has 0 aliphatic heterocycles. The SMILES string of the molecule is FC(F)(F)CN/C(S)=N/N=C(/C(=N/N=C(\S)NCC(F)(F)F)c1ccc(S)cc1)c1ccccc1. The van der Waals surface area contributed by atoms with Gasteiger partial charge in [-0.25, -0.2) is 0 Å². The largest absolute Gasteiger partial charge is 0.405 e. The van der Waals surface area contributed by atoms with Gasteiger partial charge in [-0.2, -0.15) is 26.3 Å². The molecule has 2 aromatic carbocycles. The fraction of sp³-hybridized carbons (Fsp3) is 0.200. The maximum Gasteiger partial charge on any atom is 0.405 e. The molecule has 188 valence electrons. The van der Waals surface area contributed by atoms with Crippen LogP contribution in [0.4, 0.5) is 26.3 Å². The maximum absolute atomic E-state index is 12.5. The van der Waals surface area contributed by atoms with Crippen LogP contribution in [0.1, 0.15) is 11.1 Å². The minimum atomic E-state index is -4.50. The Morgan fingerprint density at radius 2 is 1.03 bits per heavy atom. The molecule has 2 N–H and O–H groups in total. The molecule has 15 heteroatoms. The summed E-state index contributed by atoms with van der Waals surface area (Å²) in [5.74, 6) is 0. The molecule has 0 bridgehead atoms. The molecule has 0 aliphatic rings. The molecule has 0 atom stereocenters. The van der Waals surface area contributed by atoms with Crippen LogP contribution < -0.4 is 10.6 Å². The van der Waals surface area contributed by atoms with E-state index < -0.39 is 35.8 Å². The van der Waals surface area contributed by atoms with E-state index in [1.165, 1.54) is 0 Å². The van der Waals surface area contributed by atoms with E-state index in [1.54, 1.807) is 54.6 Å². The van der Waals surface area contributed by atoms with Crippen LogP contribution in [0.25, 0.3) is 0 Å². The summed E-state index contributed by atoms with van der Waals surface area (Å²) in [4.78, 5) is 0.614. The van der Waals surface area contributed by atoms with E-state index >= 15 is 0 Å². The van der Waals surface area contributed by atoms with E-state index in [4.69, 9.17) is 0 Å². The lowest BCUT2D eigenvalue weighted by Crippen LogP contribution is -2.31. The normalized spacial score (nSPS) is 14.2. The Hall–Kier alpha value is -2.65. The van der Waals surface area contributed by atoms with Crippen LogP contribution in [-0.4, -0.2) is 47.2 Å². The quantitative estimate of drug-likeness (QED) is 0.111. The van der Waals surface area contributed by atoms with Crippen molar-refractivity contribution in [2.24, 2.45) is 20.4 Å². The number of nitrogens with one attached hydrogen (secondary N) is 2. The van der Waals surface area contributed by atoms with Crippen molar-refractivity contribution in [3.8, 4) is 0 Å². The van der Waals surface area contributed by atoms with Gasteiger partial charge in [-0.05, 0) is 12.1 Å². The monoisotopic (exact) mass is 552 g/mol. The van der Waals surface area contributed by atoms with Crippen molar-refractivity contribution >= 4 is 59.6 Å². The van der Waals surface area contributed by atoms with Crippen molar-refractivity contribution in [1.29, 1.82) is 0 Å². The minimum Gasteiger partial charge on any atom is -0.354 e. The number of alkyl halides is 6. The molecule has 0 fully saturated rings. The summed E-state index contributed by atoms with van der Waals surface area (Å²) < 4.78 is 74.8. The predicted molar refractivity (Wildman–Crippen MR) is 134 cm³/mol. The highest BCUT2D eigenvalue weighted by Crippen LogP contribution is 2.16. The third-order valence-electron chi connectivity index (χ3n) is 3.80. The molecule has 0 amide bonds. The van der Waals surface area contributed by atoms with E-state index in [-0.39, 0.29) is 11.4 Å². The van der Waals surface area contributed by atoms with Gasteiger partial charge in [0.25, 0.3) is 0 Å². The number of halogens is 6. The molecular formula is C20H18F6N6S3. The number of hydrogen-bond acceptors (Lipinski definition) is 5. The number of rotatable bonds is 7. The Morgan fingerprint density at radius 1 is 0.629 bits per heavy atom. The van der Waals surface area contributed by atoms with Crippen molar-refractivity contribution in [3.63, 3.8) is 0 Å². The number of amidine groups is 2. The van der Waals surface area contributed by atoms with E-state index in [0.717, 1.165) is 0 Å². The van der Waals surface area contributed by atoms with Gasteiger partial charge in [0.05, 0.1) is 0 Å². The van der Waals surface area contributed by atoms with Gasteiger partial charge in [-0.1, -0.05) is 42.5 Å². The lowest BCUT2D eigenvalue weighted by molar-refractivity contribution is -0.122. The van der Waals surface area contributed by atoms with Crippen LogP contribution in [0, 0.1) is 0 Å². The van der Waals surface area contributed by atoms with Gasteiger partial charge in [0.15, 0.2) is 10.3 Å². The second-order valence-corrected chi connectivity index (χ2v) is 7.96. The third kappa shape index (κ3) is 11.1. The van der Waals surface area contributed by atoms with Gasteiger partial charge in [-0.3, -0.25) is 0 Å². The first-order valence-electron chi connectivity index (χ1n) is 9.50. The number of benzene rings is 2. The first-order valence-corrected chi connectivity index (χ1v) is 10.8. The van der Waals surface area contributed by atoms with Crippen LogP contribution in [0.2, 0.25) is 0 Å². The van der Waals surface area contributed by atoms with Crippen molar-refractivity contribution in [1.82, 2.24) is 10.6 Å². The number of thiol groups is 3. The Bertz CT molecular complexity index is 1100. The van der Waals surface area contributed by atoms with Crippen molar-refractivity contribution in [2.75, 3.05) is 13.1 Å². The second-order valence-electron chi connectivity index (χ2n) is 6.59. The molecule has 0 heterocycles. The molecule has 0 spiro atoms. The molecule has 0 radical (unpaired) electrons. The molecule has 0 saturated carbocycles. The van der Waals surface area contributed by atoms with E-state index in [9.17, 15) is 26.3 Å². The summed E-state index contributed by atoms with van der Waals surface area (Å²) in [6.07, 6.45) is -9.01. The Kier molecular flexibility index (Phi) is 10.5. The van der Waals surface area contributed by atoms with Gasteiger partial charge >= 0.3 is 12.4 Å². The molecular weight excluding hydrogens is 534 g/mol. The minimum absolute atomic E-state index is 0.0468. The lowest BCUT2D eigenvalue weighted by Gasteiger charge is -2.11. The van der Waals surface area contributed by atoms with Crippen LogP contribution in [0.15, 0.2) is 79.9 Å². The molecule has 0 unspecified atom stereocenters. The summed E-state index contributed by atoms with van der Waals surface area (Å²) in [6.45, 7) is -2.76. The summed E-state index contributed by atoms with van der Waals surface area (Å²) in [5, 5.41) is 18.5. The van der Waals surface area contributed by atoms with Crippen LogP contribution in [0.5, 0.6) is 0 Å². The summed E-state index contributed by atoms with van der Waals surface area (Å²) in [5.41, 5.74) is 0.968. The van der Waals surface area contributed by atoms with Crippen LogP contribution in [-0.2, 0) is 0 Å². The van der Waals surface area contributed by atoms with Gasteiger partial charge in [0.2, 0.25) is 0 Å². The highest BCUT2D eigenvalue weighted by molar-refractivity contribution is 7.97. The predicted octanol–water partition coefficient (Wildman–Crippen LogP) is 4.96. The molecule has 2 aromatic rings. The highest BCUT2D eigenvalue weighted by Gasteiger charge is 2.27. The van der Waals surface area contributed by atoms with Crippen molar-refractivity contribution < 1.29 is 26.3 Å². The maximum atomic E-state index is 12.5. The molecule has 35 heavy (non-hydrogen) atoms. The van der Waals surface area contributed by atoms with E-state index in [2.05, 4.69) is 58.3 Å². The zero-order valence-electron chi connectivity index (χ0n) is 17.5. The summed E-state index contributed by atoms with van der Waals surface area (Å²) in [6, 6.07) is 14.8. The topological polar surface area (TPSA) is 73.5 Å². The van der Waals surface area contributed by atoms with Gasteiger partial charge < -0.3 is 10.6 Å². The zero-order chi connectivity index (χ0) is 26.1. The fourth-order valence-corrected chi connectivity index (χ4v) is 2.72. The average molecular weight is 553 g/mol. The van der Waals surface area contributed by atoms with Crippen LogP contribution >= 0.6 is 37.9 Å². The van der Waals surface area contributed by atoms with Crippen molar-refractivity contribution in [2.45, 2.75) is 17.2 Å². The molecule has 2 rings (SSSR count). The highest BCUT2D eigenvalue weighted by atomic mass is 32.1. The summed E-state index contributed by atoms with van der Waals surface area (Å²) >= 11 is 11.9. The molecule has 0 saturated heterocycles.